The smallest absolute Gasteiger partial charge is 0.326 e. The molecule has 5 heteroatoms. The van der Waals surface area contributed by atoms with Crippen molar-refractivity contribution in [2.24, 2.45) is 5.92 Å². The van der Waals surface area contributed by atoms with Crippen LogP contribution in [0.5, 0.6) is 5.75 Å². The SMILES string of the molecule is CC(C)COc1ccc(/C=C2/NC(=O)NC2=O)cc1. The van der Waals surface area contributed by atoms with E-state index in [4.69, 9.17) is 4.74 Å². The van der Waals surface area contributed by atoms with Crippen LogP contribution >= 0.6 is 0 Å². The fraction of sp³-hybridized carbons (Fsp3) is 0.286. The Kier molecular flexibility index (Phi) is 3.85. The van der Waals surface area contributed by atoms with Crippen LogP contribution in [0.25, 0.3) is 6.08 Å². The van der Waals surface area contributed by atoms with Crippen LogP contribution in [0.4, 0.5) is 4.79 Å². The third-order valence-corrected chi connectivity index (χ3v) is 2.49. The Morgan fingerprint density at radius 3 is 2.37 bits per heavy atom. The number of benzene rings is 1. The first-order chi connectivity index (χ1) is 9.04. The van der Waals surface area contributed by atoms with E-state index in [2.05, 4.69) is 24.5 Å². The van der Waals surface area contributed by atoms with Gasteiger partial charge in [0.2, 0.25) is 0 Å². The largest absolute Gasteiger partial charge is 0.493 e. The topological polar surface area (TPSA) is 67.4 Å². The molecule has 0 atom stereocenters. The molecular weight excluding hydrogens is 244 g/mol. The number of imide groups is 1. The van der Waals surface area contributed by atoms with Crippen molar-refractivity contribution in [3.8, 4) is 5.75 Å². The highest BCUT2D eigenvalue weighted by Crippen LogP contribution is 2.15. The van der Waals surface area contributed by atoms with Gasteiger partial charge >= 0.3 is 6.03 Å². The summed E-state index contributed by atoms with van der Waals surface area (Å²) in [5.74, 6) is 0.847. The lowest BCUT2D eigenvalue weighted by Crippen LogP contribution is -2.22. The van der Waals surface area contributed by atoms with Crippen molar-refractivity contribution in [2.45, 2.75) is 13.8 Å². The van der Waals surface area contributed by atoms with Gasteiger partial charge in [0.15, 0.2) is 0 Å². The minimum absolute atomic E-state index is 0.251. The molecule has 0 saturated carbocycles. The fourth-order valence-electron chi connectivity index (χ4n) is 1.57. The van der Waals surface area contributed by atoms with Crippen LogP contribution in [0, 0.1) is 5.92 Å². The molecule has 100 valence electrons. The first-order valence-electron chi connectivity index (χ1n) is 6.11. The first kappa shape index (κ1) is 13.1. The number of amides is 3. The quantitative estimate of drug-likeness (QED) is 0.642. The molecule has 3 amide bonds. The summed E-state index contributed by atoms with van der Waals surface area (Å²) in [6, 6.07) is 6.85. The van der Waals surface area contributed by atoms with Gasteiger partial charge in [-0.25, -0.2) is 4.79 Å². The summed E-state index contributed by atoms with van der Waals surface area (Å²) in [4.78, 5) is 22.3. The van der Waals surface area contributed by atoms with Gasteiger partial charge in [0.05, 0.1) is 6.61 Å². The van der Waals surface area contributed by atoms with Crippen LogP contribution in [-0.2, 0) is 4.79 Å². The van der Waals surface area contributed by atoms with Crippen molar-refractivity contribution in [3.05, 3.63) is 35.5 Å². The highest BCUT2D eigenvalue weighted by atomic mass is 16.5. The average Bonchev–Trinajstić information content (AvgIpc) is 2.67. The van der Waals surface area contributed by atoms with Crippen LogP contribution in [0.1, 0.15) is 19.4 Å². The molecule has 0 radical (unpaired) electrons. The zero-order chi connectivity index (χ0) is 13.8. The summed E-state index contributed by atoms with van der Waals surface area (Å²) in [5.41, 5.74) is 1.07. The molecule has 1 heterocycles. The van der Waals surface area contributed by atoms with Crippen LogP contribution in [0.15, 0.2) is 30.0 Å². The Morgan fingerprint density at radius 1 is 1.16 bits per heavy atom. The maximum absolute atomic E-state index is 11.3. The summed E-state index contributed by atoms with van der Waals surface area (Å²) in [6.07, 6.45) is 1.62. The van der Waals surface area contributed by atoms with Gasteiger partial charge in [-0.2, -0.15) is 0 Å². The van der Waals surface area contributed by atoms with Crippen molar-refractivity contribution < 1.29 is 14.3 Å². The third-order valence-electron chi connectivity index (χ3n) is 2.49. The van der Waals surface area contributed by atoms with Gasteiger partial charge in [-0.3, -0.25) is 10.1 Å². The summed E-state index contributed by atoms with van der Waals surface area (Å²) >= 11 is 0. The second kappa shape index (κ2) is 5.56. The van der Waals surface area contributed by atoms with Crippen LogP contribution in [-0.4, -0.2) is 18.5 Å². The van der Waals surface area contributed by atoms with E-state index in [1.54, 1.807) is 6.08 Å². The molecule has 0 spiro atoms. The van der Waals surface area contributed by atoms with E-state index >= 15 is 0 Å². The molecule has 2 rings (SSSR count). The van der Waals surface area contributed by atoms with E-state index in [9.17, 15) is 9.59 Å². The second-order valence-corrected chi connectivity index (χ2v) is 4.74. The summed E-state index contributed by atoms with van der Waals surface area (Å²) < 4.78 is 5.56. The minimum Gasteiger partial charge on any atom is -0.493 e. The van der Waals surface area contributed by atoms with Crippen molar-refractivity contribution >= 4 is 18.0 Å². The molecule has 0 unspecified atom stereocenters. The molecule has 1 saturated heterocycles. The van der Waals surface area contributed by atoms with Crippen molar-refractivity contribution in [3.63, 3.8) is 0 Å². The van der Waals surface area contributed by atoms with E-state index in [-0.39, 0.29) is 5.70 Å². The van der Waals surface area contributed by atoms with Crippen LogP contribution < -0.4 is 15.4 Å². The number of nitrogens with one attached hydrogen (secondary N) is 2. The molecule has 1 aliphatic rings. The average molecular weight is 260 g/mol. The number of carbonyl (C=O) groups excluding carboxylic acids is 2. The predicted molar refractivity (Wildman–Crippen MR) is 71.4 cm³/mol. The third kappa shape index (κ3) is 3.58. The van der Waals surface area contributed by atoms with Gasteiger partial charge in [0.25, 0.3) is 5.91 Å². The number of hydrogen-bond donors (Lipinski definition) is 2. The maximum Gasteiger partial charge on any atom is 0.326 e. The van der Waals surface area contributed by atoms with Crippen molar-refractivity contribution in [2.75, 3.05) is 6.61 Å². The van der Waals surface area contributed by atoms with Gasteiger partial charge < -0.3 is 10.1 Å². The van der Waals surface area contributed by atoms with Gasteiger partial charge in [-0.1, -0.05) is 26.0 Å². The molecule has 1 fully saturated rings. The molecule has 2 N–H and O–H groups in total. The number of carbonyl (C=O) groups is 2. The normalized spacial score (nSPS) is 16.7. The highest BCUT2D eigenvalue weighted by molar-refractivity contribution is 6.13. The van der Waals surface area contributed by atoms with Gasteiger partial charge in [0.1, 0.15) is 11.4 Å². The molecule has 0 aromatic heterocycles. The molecule has 1 aliphatic heterocycles. The van der Waals surface area contributed by atoms with Gasteiger partial charge in [-0.05, 0) is 29.7 Å². The Morgan fingerprint density at radius 2 is 1.84 bits per heavy atom. The summed E-state index contributed by atoms with van der Waals surface area (Å²) in [5, 5.41) is 4.59. The zero-order valence-electron chi connectivity index (χ0n) is 10.9. The van der Waals surface area contributed by atoms with Gasteiger partial charge in [0, 0.05) is 0 Å². The molecule has 1 aromatic rings. The fourth-order valence-corrected chi connectivity index (χ4v) is 1.57. The Labute approximate surface area is 111 Å². The van der Waals surface area contributed by atoms with E-state index < -0.39 is 11.9 Å². The Bertz CT molecular complexity index is 518. The number of urea groups is 1. The van der Waals surface area contributed by atoms with E-state index in [0.717, 1.165) is 11.3 Å². The molecule has 1 aromatic carbocycles. The lowest BCUT2D eigenvalue weighted by atomic mass is 10.2. The predicted octanol–water partition coefficient (Wildman–Crippen LogP) is 1.90. The highest BCUT2D eigenvalue weighted by Gasteiger charge is 2.22. The lowest BCUT2D eigenvalue weighted by Gasteiger charge is -2.08. The van der Waals surface area contributed by atoms with Crippen molar-refractivity contribution in [1.82, 2.24) is 10.6 Å². The minimum atomic E-state index is -0.492. The first-order valence-corrected chi connectivity index (χ1v) is 6.11. The van der Waals surface area contributed by atoms with E-state index in [1.165, 1.54) is 0 Å². The van der Waals surface area contributed by atoms with E-state index in [0.29, 0.717) is 12.5 Å². The molecule has 19 heavy (non-hydrogen) atoms. The molecular formula is C14H16N2O3. The van der Waals surface area contributed by atoms with Gasteiger partial charge in [-0.15, -0.1) is 0 Å². The number of rotatable bonds is 4. The Balaban J connectivity index is 2.04. The van der Waals surface area contributed by atoms with Crippen molar-refractivity contribution in [1.29, 1.82) is 0 Å². The number of ether oxygens (including phenoxy) is 1. The van der Waals surface area contributed by atoms with Crippen LogP contribution in [0.3, 0.4) is 0 Å². The summed E-state index contributed by atoms with van der Waals surface area (Å²) in [7, 11) is 0. The standard InChI is InChI=1S/C14H16N2O3/c1-9(2)8-19-11-5-3-10(4-6-11)7-12-13(17)16-14(18)15-12/h3-7,9H,8H2,1-2H3,(H2,15,16,17,18)/b12-7+. The maximum atomic E-state index is 11.3. The number of hydrogen-bond acceptors (Lipinski definition) is 3. The molecule has 5 nitrogen and oxygen atoms in total. The second-order valence-electron chi connectivity index (χ2n) is 4.74. The lowest BCUT2D eigenvalue weighted by molar-refractivity contribution is -0.115. The summed E-state index contributed by atoms with van der Waals surface area (Å²) in [6.45, 7) is 4.83. The molecule has 0 aliphatic carbocycles. The van der Waals surface area contributed by atoms with E-state index in [1.807, 2.05) is 24.3 Å². The monoisotopic (exact) mass is 260 g/mol. The van der Waals surface area contributed by atoms with Crippen LogP contribution in [0.2, 0.25) is 0 Å². The Hall–Kier alpha value is -2.30. The molecule has 0 bridgehead atoms. The zero-order valence-corrected chi connectivity index (χ0v) is 10.9.